The van der Waals surface area contributed by atoms with E-state index in [1.165, 1.54) is 4.90 Å². The summed E-state index contributed by atoms with van der Waals surface area (Å²) in [5.41, 5.74) is 5.40. The number of likely N-dealkylation sites (tertiary alicyclic amines) is 1. The van der Waals surface area contributed by atoms with Crippen molar-refractivity contribution in [1.29, 1.82) is 0 Å². The van der Waals surface area contributed by atoms with Gasteiger partial charge in [-0.1, -0.05) is 18.2 Å². The standard InChI is InChI=1S/C17H20N2O4/c1-11-12-5-2-3-6-13(12)23-15(11)16(21)19-8-4-7-17(22,10-19)9-14(18)20/h2-3,5-6,22H,4,7-10H2,1H3,(H2,18,20). The number of furan rings is 1. The summed E-state index contributed by atoms with van der Waals surface area (Å²) < 4.78 is 5.70. The lowest BCUT2D eigenvalue weighted by atomic mass is 9.89. The minimum absolute atomic E-state index is 0.0886. The monoisotopic (exact) mass is 316 g/mol. The maximum absolute atomic E-state index is 12.8. The van der Waals surface area contributed by atoms with Gasteiger partial charge in [0.25, 0.3) is 5.91 Å². The third-order valence-electron chi connectivity index (χ3n) is 4.38. The Morgan fingerprint density at radius 1 is 1.39 bits per heavy atom. The average Bonchev–Trinajstić information content (AvgIpc) is 2.83. The van der Waals surface area contributed by atoms with Crippen molar-refractivity contribution in [2.75, 3.05) is 13.1 Å². The van der Waals surface area contributed by atoms with Crippen molar-refractivity contribution in [2.24, 2.45) is 5.73 Å². The number of aliphatic hydroxyl groups is 1. The number of nitrogens with zero attached hydrogens (tertiary/aromatic N) is 1. The van der Waals surface area contributed by atoms with Crippen LogP contribution in [0.5, 0.6) is 0 Å². The number of fused-ring (bicyclic) bond motifs is 1. The van der Waals surface area contributed by atoms with Gasteiger partial charge in [0, 0.05) is 17.5 Å². The molecular formula is C17H20N2O4. The summed E-state index contributed by atoms with van der Waals surface area (Å²) in [4.78, 5) is 25.4. The normalized spacial score (nSPS) is 21.6. The predicted octanol–water partition coefficient (Wildman–Crippen LogP) is 1.58. The minimum Gasteiger partial charge on any atom is -0.451 e. The molecule has 1 unspecified atom stereocenters. The predicted molar refractivity (Wildman–Crippen MR) is 84.8 cm³/mol. The van der Waals surface area contributed by atoms with E-state index in [4.69, 9.17) is 10.2 Å². The first-order chi connectivity index (χ1) is 10.9. The second-order valence-electron chi connectivity index (χ2n) is 6.25. The molecule has 122 valence electrons. The molecule has 2 amide bonds. The van der Waals surface area contributed by atoms with Gasteiger partial charge in [-0.15, -0.1) is 0 Å². The number of benzene rings is 1. The first-order valence-electron chi connectivity index (χ1n) is 7.68. The SMILES string of the molecule is Cc1c(C(=O)N2CCCC(O)(CC(N)=O)C2)oc2ccccc12. The molecule has 0 aliphatic carbocycles. The van der Waals surface area contributed by atoms with Crippen LogP contribution in [-0.4, -0.2) is 40.5 Å². The molecule has 0 saturated carbocycles. The lowest BCUT2D eigenvalue weighted by Gasteiger charge is -2.38. The Kier molecular flexibility index (Phi) is 3.85. The first-order valence-corrected chi connectivity index (χ1v) is 7.68. The fourth-order valence-corrected chi connectivity index (χ4v) is 3.28. The van der Waals surface area contributed by atoms with Crippen molar-refractivity contribution in [3.63, 3.8) is 0 Å². The van der Waals surface area contributed by atoms with Gasteiger partial charge >= 0.3 is 0 Å². The molecule has 0 spiro atoms. The molecule has 2 heterocycles. The number of para-hydroxylation sites is 1. The second kappa shape index (κ2) is 5.70. The van der Waals surface area contributed by atoms with E-state index in [1.54, 1.807) is 0 Å². The number of hydrogen-bond acceptors (Lipinski definition) is 4. The minimum atomic E-state index is -1.25. The summed E-state index contributed by atoms with van der Waals surface area (Å²) in [5.74, 6) is -0.544. The molecule has 1 aliphatic heterocycles. The van der Waals surface area contributed by atoms with Crippen LogP contribution in [0, 0.1) is 6.92 Å². The lowest BCUT2D eigenvalue weighted by molar-refractivity contribution is -0.125. The molecule has 1 atom stereocenters. The number of hydrogen-bond donors (Lipinski definition) is 2. The Morgan fingerprint density at radius 2 is 2.13 bits per heavy atom. The molecule has 1 fully saturated rings. The van der Waals surface area contributed by atoms with Gasteiger partial charge in [0.15, 0.2) is 5.76 Å². The van der Waals surface area contributed by atoms with Crippen LogP contribution < -0.4 is 5.73 Å². The Labute approximate surface area is 133 Å². The zero-order chi connectivity index (χ0) is 16.6. The van der Waals surface area contributed by atoms with E-state index in [-0.39, 0.29) is 24.6 Å². The highest BCUT2D eigenvalue weighted by molar-refractivity contribution is 5.99. The van der Waals surface area contributed by atoms with Gasteiger partial charge in [-0.2, -0.15) is 0 Å². The molecule has 1 aliphatic rings. The van der Waals surface area contributed by atoms with Crippen molar-refractivity contribution in [3.8, 4) is 0 Å². The molecule has 1 aromatic carbocycles. The quantitative estimate of drug-likeness (QED) is 0.898. The molecule has 0 bridgehead atoms. The zero-order valence-corrected chi connectivity index (χ0v) is 13.0. The molecule has 1 aromatic heterocycles. The Bertz CT molecular complexity index is 767. The summed E-state index contributed by atoms with van der Waals surface area (Å²) in [7, 11) is 0. The zero-order valence-electron chi connectivity index (χ0n) is 13.0. The van der Waals surface area contributed by atoms with Gasteiger partial charge in [-0.25, -0.2) is 0 Å². The smallest absolute Gasteiger partial charge is 0.289 e. The van der Waals surface area contributed by atoms with E-state index in [0.717, 1.165) is 10.9 Å². The first kappa shape index (κ1) is 15.6. The molecule has 23 heavy (non-hydrogen) atoms. The molecule has 2 aromatic rings. The Balaban J connectivity index is 1.87. The number of β-amino-alcohol motifs (C(OH)–C–C–N with tert-alkyl or cyclic N) is 1. The van der Waals surface area contributed by atoms with Crippen LogP contribution in [0.3, 0.4) is 0 Å². The van der Waals surface area contributed by atoms with E-state index in [2.05, 4.69) is 0 Å². The lowest BCUT2D eigenvalue weighted by Crippen LogP contribution is -2.51. The van der Waals surface area contributed by atoms with Gasteiger partial charge in [0.1, 0.15) is 5.58 Å². The van der Waals surface area contributed by atoms with Crippen LogP contribution in [0.25, 0.3) is 11.0 Å². The van der Waals surface area contributed by atoms with Crippen LogP contribution in [0.1, 0.15) is 35.4 Å². The molecule has 3 N–H and O–H groups in total. The van der Waals surface area contributed by atoms with E-state index in [9.17, 15) is 14.7 Å². The fraction of sp³-hybridized carbons (Fsp3) is 0.412. The van der Waals surface area contributed by atoms with Crippen LogP contribution in [-0.2, 0) is 4.79 Å². The van der Waals surface area contributed by atoms with Gasteiger partial charge in [-0.05, 0) is 25.8 Å². The highest BCUT2D eigenvalue weighted by Crippen LogP contribution is 2.29. The Morgan fingerprint density at radius 3 is 2.83 bits per heavy atom. The third kappa shape index (κ3) is 2.94. The maximum atomic E-state index is 12.8. The summed E-state index contributed by atoms with van der Waals surface area (Å²) >= 11 is 0. The molecule has 0 radical (unpaired) electrons. The van der Waals surface area contributed by atoms with Gasteiger partial charge in [-0.3, -0.25) is 9.59 Å². The van der Waals surface area contributed by atoms with E-state index >= 15 is 0 Å². The summed E-state index contributed by atoms with van der Waals surface area (Å²) in [6.45, 7) is 2.46. The van der Waals surface area contributed by atoms with Crippen molar-refractivity contribution < 1.29 is 19.1 Å². The molecule has 6 nitrogen and oxygen atoms in total. The number of primary amides is 1. The highest BCUT2D eigenvalue weighted by Gasteiger charge is 2.37. The van der Waals surface area contributed by atoms with Gasteiger partial charge in [0.05, 0.1) is 18.6 Å². The Hall–Kier alpha value is -2.34. The van der Waals surface area contributed by atoms with E-state index in [1.807, 2.05) is 31.2 Å². The van der Waals surface area contributed by atoms with Crippen molar-refractivity contribution in [3.05, 3.63) is 35.6 Å². The topological polar surface area (TPSA) is 96.8 Å². The third-order valence-corrected chi connectivity index (χ3v) is 4.38. The van der Waals surface area contributed by atoms with Crippen LogP contribution in [0.15, 0.2) is 28.7 Å². The maximum Gasteiger partial charge on any atom is 0.289 e. The molecule has 1 saturated heterocycles. The van der Waals surface area contributed by atoms with Crippen LogP contribution >= 0.6 is 0 Å². The number of nitrogens with two attached hydrogens (primary N) is 1. The number of carbonyl (C=O) groups is 2. The largest absolute Gasteiger partial charge is 0.451 e. The highest BCUT2D eigenvalue weighted by atomic mass is 16.3. The summed E-state index contributed by atoms with van der Waals surface area (Å²) in [6.07, 6.45) is 0.934. The number of aryl methyl sites for hydroxylation is 1. The van der Waals surface area contributed by atoms with Crippen LogP contribution in [0.4, 0.5) is 0 Å². The average molecular weight is 316 g/mol. The molecule has 3 rings (SSSR count). The van der Waals surface area contributed by atoms with Gasteiger partial charge < -0.3 is 20.2 Å². The van der Waals surface area contributed by atoms with Crippen LogP contribution in [0.2, 0.25) is 0 Å². The fourth-order valence-electron chi connectivity index (χ4n) is 3.28. The number of piperidine rings is 1. The van der Waals surface area contributed by atoms with Crippen molar-refractivity contribution in [2.45, 2.75) is 31.8 Å². The van der Waals surface area contributed by atoms with Gasteiger partial charge in [0.2, 0.25) is 5.91 Å². The molecule has 6 heteroatoms. The number of rotatable bonds is 3. The molecular weight excluding hydrogens is 296 g/mol. The van der Waals surface area contributed by atoms with E-state index in [0.29, 0.717) is 25.0 Å². The summed E-state index contributed by atoms with van der Waals surface area (Å²) in [6, 6.07) is 7.47. The van der Waals surface area contributed by atoms with Crippen molar-refractivity contribution >= 4 is 22.8 Å². The van der Waals surface area contributed by atoms with E-state index < -0.39 is 11.5 Å². The second-order valence-corrected chi connectivity index (χ2v) is 6.25. The number of amides is 2. The summed E-state index contributed by atoms with van der Waals surface area (Å²) in [5, 5.41) is 11.4. The van der Waals surface area contributed by atoms with Crippen molar-refractivity contribution in [1.82, 2.24) is 4.90 Å². The number of carbonyl (C=O) groups excluding carboxylic acids is 2.